The fourth-order valence-electron chi connectivity index (χ4n) is 2.02. The van der Waals surface area contributed by atoms with Crippen LogP contribution in [0.25, 0.3) is 6.08 Å². The summed E-state index contributed by atoms with van der Waals surface area (Å²) in [4.78, 5) is 24.8. The van der Waals surface area contributed by atoms with Crippen LogP contribution in [-0.4, -0.2) is 42.5 Å². The number of thioether (sulfide) groups is 1. The van der Waals surface area contributed by atoms with E-state index in [1.54, 1.807) is 13.1 Å². The van der Waals surface area contributed by atoms with Gasteiger partial charge in [0, 0.05) is 25.6 Å². The Morgan fingerprint density at radius 1 is 1.55 bits per heavy atom. The summed E-state index contributed by atoms with van der Waals surface area (Å²) in [6.07, 6.45) is 2.05. The van der Waals surface area contributed by atoms with Crippen LogP contribution in [0.3, 0.4) is 0 Å². The highest BCUT2D eigenvalue weighted by Gasteiger charge is 2.32. The van der Waals surface area contributed by atoms with Gasteiger partial charge in [0.1, 0.15) is 9.47 Å². The molecule has 0 aromatic carbocycles. The topological polar surface area (TPSA) is 75.4 Å². The minimum absolute atomic E-state index is 0.00362. The summed E-state index contributed by atoms with van der Waals surface area (Å²) in [6, 6.07) is 0. The van der Waals surface area contributed by atoms with E-state index in [2.05, 4.69) is 5.10 Å². The number of carboxylic acid groups (broad SMARTS) is 1. The molecule has 2 heterocycles. The molecule has 1 aliphatic heterocycles. The van der Waals surface area contributed by atoms with E-state index in [0.29, 0.717) is 32.9 Å². The zero-order valence-electron chi connectivity index (χ0n) is 12.0. The number of carbonyl (C=O) groups is 2. The number of amides is 1. The highest BCUT2D eigenvalue weighted by Crippen LogP contribution is 2.34. The number of aromatic nitrogens is 2. The van der Waals surface area contributed by atoms with E-state index in [4.69, 9.17) is 28.9 Å². The number of halogens is 1. The Hall–Kier alpha value is -1.38. The number of hydrogen-bond acceptors (Lipinski definition) is 5. The van der Waals surface area contributed by atoms with E-state index in [9.17, 15) is 9.59 Å². The van der Waals surface area contributed by atoms with Crippen molar-refractivity contribution in [2.75, 3.05) is 6.54 Å². The summed E-state index contributed by atoms with van der Waals surface area (Å²) in [5.74, 6) is -1.11. The molecular formula is C13H14ClN3O3S2. The smallest absolute Gasteiger partial charge is 0.303 e. The third-order valence-electron chi connectivity index (χ3n) is 3.12. The lowest BCUT2D eigenvalue weighted by molar-refractivity contribution is -0.137. The molecule has 0 atom stereocenters. The van der Waals surface area contributed by atoms with Gasteiger partial charge in [-0.15, -0.1) is 0 Å². The summed E-state index contributed by atoms with van der Waals surface area (Å²) >= 11 is 12.5. The van der Waals surface area contributed by atoms with Gasteiger partial charge < -0.3 is 5.11 Å². The van der Waals surface area contributed by atoms with Crippen LogP contribution in [0.5, 0.6) is 0 Å². The molecule has 0 radical (unpaired) electrons. The maximum atomic E-state index is 12.4. The lowest BCUT2D eigenvalue weighted by atomic mass is 10.2. The molecule has 2 rings (SSSR count). The highest BCUT2D eigenvalue weighted by molar-refractivity contribution is 8.26. The van der Waals surface area contributed by atoms with Gasteiger partial charge in [0.2, 0.25) is 0 Å². The number of carbonyl (C=O) groups excluding carboxylic acids is 1. The quantitative estimate of drug-likeness (QED) is 0.643. The molecule has 1 aromatic heterocycles. The van der Waals surface area contributed by atoms with Crippen molar-refractivity contribution in [1.82, 2.24) is 14.7 Å². The van der Waals surface area contributed by atoms with Crippen LogP contribution >= 0.6 is 35.6 Å². The average molecular weight is 360 g/mol. The Morgan fingerprint density at radius 3 is 2.77 bits per heavy atom. The molecule has 0 saturated carbocycles. The first-order valence-corrected chi connectivity index (χ1v) is 8.07. The van der Waals surface area contributed by atoms with Crippen molar-refractivity contribution in [1.29, 1.82) is 0 Å². The number of aliphatic carboxylic acids is 1. The molecule has 0 spiro atoms. The van der Waals surface area contributed by atoms with Crippen molar-refractivity contribution < 1.29 is 14.7 Å². The molecule has 9 heteroatoms. The predicted molar refractivity (Wildman–Crippen MR) is 89.7 cm³/mol. The van der Waals surface area contributed by atoms with Crippen LogP contribution in [-0.2, 0) is 16.6 Å². The molecule has 1 N–H and O–H groups in total. The Kier molecular flexibility index (Phi) is 5.25. The Morgan fingerprint density at radius 2 is 2.23 bits per heavy atom. The number of hydrogen-bond donors (Lipinski definition) is 1. The van der Waals surface area contributed by atoms with Gasteiger partial charge in [-0.25, -0.2) is 0 Å². The normalized spacial score (nSPS) is 16.9. The molecule has 6 nitrogen and oxygen atoms in total. The Bertz CT molecular complexity index is 684. The number of thiocarbonyl (C=S) groups is 1. The molecular weight excluding hydrogens is 346 g/mol. The van der Waals surface area contributed by atoms with Crippen molar-refractivity contribution in [2.24, 2.45) is 7.05 Å². The summed E-state index contributed by atoms with van der Waals surface area (Å²) in [5, 5.41) is 13.3. The van der Waals surface area contributed by atoms with Crippen LogP contribution in [0.15, 0.2) is 4.91 Å². The third kappa shape index (κ3) is 3.50. The predicted octanol–water partition coefficient (Wildman–Crippen LogP) is 2.45. The van der Waals surface area contributed by atoms with E-state index < -0.39 is 5.97 Å². The maximum Gasteiger partial charge on any atom is 0.303 e. The lowest BCUT2D eigenvalue weighted by Gasteiger charge is -2.13. The van der Waals surface area contributed by atoms with Crippen molar-refractivity contribution in [3.63, 3.8) is 0 Å². The van der Waals surface area contributed by atoms with Crippen molar-refractivity contribution in [2.45, 2.75) is 19.8 Å². The molecule has 1 saturated heterocycles. The third-order valence-corrected chi connectivity index (χ3v) is 4.94. The van der Waals surface area contributed by atoms with Gasteiger partial charge in [0.05, 0.1) is 10.6 Å². The molecule has 0 bridgehead atoms. The Balaban J connectivity index is 2.17. The van der Waals surface area contributed by atoms with Crippen molar-refractivity contribution in [3.8, 4) is 0 Å². The van der Waals surface area contributed by atoms with Crippen molar-refractivity contribution in [3.05, 3.63) is 21.3 Å². The van der Waals surface area contributed by atoms with Crippen molar-refractivity contribution >= 4 is 57.9 Å². The summed E-state index contributed by atoms with van der Waals surface area (Å²) in [5.41, 5.74) is 1.42. The second kappa shape index (κ2) is 6.80. The number of nitrogens with zero attached hydrogens (tertiary/aromatic N) is 3. The second-order valence-corrected chi connectivity index (χ2v) is 6.78. The van der Waals surface area contributed by atoms with Gasteiger partial charge in [0.25, 0.3) is 5.91 Å². The SMILES string of the molecule is Cc1nn(C)c(Cl)c1C=C1SC(=S)N(CCCC(=O)O)C1=O. The summed E-state index contributed by atoms with van der Waals surface area (Å²) in [7, 11) is 1.73. The zero-order valence-corrected chi connectivity index (χ0v) is 14.4. The molecule has 0 aliphatic carbocycles. The van der Waals surface area contributed by atoms with Gasteiger partial charge in [0.15, 0.2) is 0 Å². The summed E-state index contributed by atoms with van der Waals surface area (Å²) < 4.78 is 1.97. The van der Waals surface area contributed by atoms with Crippen LogP contribution < -0.4 is 0 Å². The standard InChI is InChI=1S/C13H14ClN3O3S2/c1-7-8(11(14)16(2)15-7)6-9-12(20)17(13(21)22-9)5-3-4-10(18)19/h6H,3-5H2,1-2H3,(H,18,19). The molecule has 1 amide bonds. The van der Waals surface area contributed by atoms with E-state index in [1.165, 1.54) is 21.3 Å². The molecule has 22 heavy (non-hydrogen) atoms. The highest BCUT2D eigenvalue weighted by atomic mass is 35.5. The van der Waals surface area contributed by atoms with Crippen LogP contribution in [0, 0.1) is 6.92 Å². The monoisotopic (exact) mass is 359 g/mol. The van der Waals surface area contributed by atoms with E-state index >= 15 is 0 Å². The minimum atomic E-state index is -0.890. The number of carboxylic acids is 1. The Labute approximate surface area is 142 Å². The average Bonchev–Trinajstić information content (AvgIpc) is 2.83. The maximum absolute atomic E-state index is 12.4. The molecule has 0 unspecified atom stereocenters. The number of aryl methyl sites for hydroxylation is 2. The first-order chi connectivity index (χ1) is 10.3. The van der Waals surface area contributed by atoms with Gasteiger partial charge in [-0.2, -0.15) is 5.10 Å². The molecule has 1 aromatic rings. The number of rotatable bonds is 5. The fourth-order valence-corrected chi connectivity index (χ4v) is 3.54. The van der Waals surface area contributed by atoms with Gasteiger partial charge in [-0.1, -0.05) is 35.6 Å². The zero-order chi connectivity index (χ0) is 16.4. The van der Waals surface area contributed by atoms with E-state index in [0.717, 1.165) is 5.69 Å². The van der Waals surface area contributed by atoms with Gasteiger partial charge >= 0.3 is 5.97 Å². The van der Waals surface area contributed by atoms with E-state index in [-0.39, 0.29) is 12.3 Å². The first-order valence-electron chi connectivity index (χ1n) is 6.47. The van der Waals surface area contributed by atoms with Gasteiger partial charge in [-0.3, -0.25) is 19.2 Å². The van der Waals surface area contributed by atoms with Gasteiger partial charge in [-0.05, 0) is 19.4 Å². The second-order valence-electron chi connectivity index (χ2n) is 4.74. The largest absolute Gasteiger partial charge is 0.481 e. The van der Waals surface area contributed by atoms with Crippen LogP contribution in [0.2, 0.25) is 5.15 Å². The lowest BCUT2D eigenvalue weighted by Crippen LogP contribution is -2.29. The fraction of sp³-hybridized carbons (Fsp3) is 0.385. The summed E-state index contributed by atoms with van der Waals surface area (Å²) in [6.45, 7) is 2.11. The molecule has 1 fully saturated rings. The van der Waals surface area contributed by atoms with Crippen LogP contribution in [0.1, 0.15) is 24.1 Å². The molecule has 1 aliphatic rings. The molecule has 118 valence electrons. The first kappa shape index (κ1) is 17.0. The van der Waals surface area contributed by atoms with E-state index in [1.807, 2.05) is 6.92 Å². The minimum Gasteiger partial charge on any atom is -0.481 e. The van der Waals surface area contributed by atoms with Crippen LogP contribution in [0.4, 0.5) is 0 Å².